The third-order valence-corrected chi connectivity index (χ3v) is 6.40. The summed E-state index contributed by atoms with van der Waals surface area (Å²) in [7, 11) is 0. The number of nitrogens with one attached hydrogen (secondary N) is 2. The zero-order valence-corrected chi connectivity index (χ0v) is 19.8. The minimum Gasteiger partial charge on any atom is -0.353 e. The molecule has 2 amide bonds. The smallest absolute Gasteiger partial charge is 0.271 e. The molecule has 3 aromatic rings. The number of nitrogens with zero attached hydrogens (tertiary/aromatic N) is 5. The molecule has 2 aliphatic rings. The fraction of sp³-hybridized carbons (Fsp3) is 0.400. The molecule has 5 rings (SSSR count). The Morgan fingerprint density at radius 3 is 2.75 bits per heavy atom. The van der Waals surface area contributed by atoms with Gasteiger partial charge in [0.15, 0.2) is 11.3 Å². The van der Waals surface area contributed by atoms with E-state index >= 15 is 0 Å². The predicted molar refractivity (Wildman–Crippen MR) is 130 cm³/mol. The first-order valence-electron chi connectivity index (χ1n) is 12.0. The van der Waals surface area contributed by atoms with Crippen LogP contribution in [0.4, 0.5) is 14.6 Å². The minimum atomic E-state index is -2.64. The zero-order valence-electron chi connectivity index (χ0n) is 19.8. The van der Waals surface area contributed by atoms with Gasteiger partial charge in [-0.1, -0.05) is 12.2 Å². The van der Waals surface area contributed by atoms with Crippen LogP contribution in [0.5, 0.6) is 0 Å². The maximum absolute atomic E-state index is 12.8. The molecular formula is C25H27F2N7O2. The minimum absolute atomic E-state index is 0.0772. The number of carbonyl (C=O) groups excluding carboxylic acids is 2. The van der Waals surface area contributed by atoms with Gasteiger partial charge in [-0.15, -0.1) is 5.10 Å². The highest BCUT2D eigenvalue weighted by molar-refractivity contribution is 5.93. The van der Waals surface area contributed by atoms with Gasteiger partial charge in [0.25, 0.3) is 18.2 Å². The van der Waals surface area contributed by atoms with Gasteiger partial charge in [-0.25, -0.2) is 18.3 Å². The highest BCUT2D eigenvalue weighted by Gasteiger charge is 2.26. The molecule has 3 aromatic heterocycles. The fourth-order valence-electron chi connectivity index (χ4n) is 4.19. The predicted octanol–water partition coefficient (Wildman–Crippen LogP) is 2.86. The van der Waals surface area contributed by atoms with Crippen LogP contribution in [0.1, 0.15) is 51.4 Å². The summed E-state index contributed by atoms with van der Waals surface area (Å²) in [5.74, 6) is 0.381. The van der Waals surface area contributed by atoms with Gasteiger partial charge in [-0.2, -0.15) is 0 Å². The Morgan fingerprint density at radius 2 is 2.00 bits per heavy atom. The monoisotopic (exact) mass is 495 g/mol. The summed E-state index contributed by atoms with van der Waals surface area (Å²) < 4.78 is 26.3. The molecule has 188 valence electrons. The third kappa shape index (κ3) is 5.34. The van der Waals surface area contributed by atoms with Crippen molar-refractivity contribution in [3.8, 4) is 0 Å². The molecule has 0 bridgehead atoms. The van der Waals surface area contributed by atoms with Crippen molar-refractivity contribution >= 4 is 29.4 Å². The first-order chi connectivity index (χ1) is 17.4. The van der Waals surface area contributed by atoms with Crippen molar-refractivity contribution in [2.75, 3.05) is 24.5 Å². The quantitative estimate of drug-likeness (QED) is 0.498. The zero-order chi connectivity index (χ0) is 25.2. The van der Waals surface area contributed by atoms with Crippen LogP contribution in [0.25, 0.3) is 11.7 Å². The average molecular weight is 496 g/mol. The van der Waals surface area contributed by atoms with Gasteiger partial charge in [0.2, 0.25) is 0 Å². The van der Waals surface area contributed by atoms with Crippen LogP contribution in [0.2, 0.25) is 0 Å². The van der Waals surface area contributed by atoms with E-state index in [1.54, 1.807) is 18.3 Å². The Hall–Kier alpha value is -3.89. The number of aromatic nitrogens is 4. The van der Waals surface area contributed by atoms with E-state index in [1.165, 1.54) is 23.6 Å². The molecule has 2 fully saturated rings. The normalized spacial score (nSPS) is 17.9. The van der Waals surface area contributed by atoms with Gasteiger partial charge in [0.1, 0.15) is 11.5 Å². The molecule has 9 nitrogen and oxygen atoms in total. The Balaban J connectivity index is 1.22. The largest absolute Gasteiger partial charge is 0.353 e. The maximum atomic E-state index is 12.8. The van der Waals surface area contributed by atoms with Gasteiger partial charge in [-0.3, -0.25) is 14.6 Å². The molecular weight excluding hydrogens is 468 g/mol. The Labute approximate surface area is 206 Å². The van der Waals surface area contributed by atoms with Gasteiger partial charge in [0.05, 0.1) is 12.7 Å². The number of alkyl halides is 2. The number of aryl methyl sites for hydroxylation is 1. The lowest BCUT2D eigenvalue weighted by Gasteiger charge is -2.18. The molecule has 1 atom stereocenters. The average Bonchev–Trinajstić information content (AvgIpc) is 3.41. The van der Waals surface area contributed by atoms with Crippen LogP contribution in [-0.4, -0.2) is 63.5 Å². The third-order valence-electron chi connectivity index (χ3n) is 6.40. The van der Waals surface area contributed by atoms with E-state index in [9.17, 15) is 18.4 Å². The Bertz CT molecular complexity index is 1320. The first kappa shape index (κ1) is 23.8. The van der Waals surface area contributed by atoms with Crippen molar-refractivity contribution in [2.45, 2.75) is 38.7 Å². The van der Waals surface area contributed by atoms with Crippen molar-refractivity contribution in [1.29, 1.82) is 0 Å². The van der Waals surface area contributed by atoms with E-state index in [0.717, 1.165) is 17.5 Å². The van der Waals surface area contributed by atoms with Crippen LogP contribution in [0.3, 0.4) is 0 Å². The Kier molecular flexibility index (Phi) is 6.62. The lowest BCUT2D eigenvalue weighted by molar-refractivity contribution is 0.0884. The van der Waals surface area contributed by atoms with Crippen molar-refractivity contribution in [2.24, 2.45) is 5.92 Å². The number of halogens is 2. The van der Waals surface area contributed by atoms with Gasteiger partial charge < -0.3 is 15.5 Å². The molecule has 4 heterocycles. The van der Waals surface area contributed by atoms with E-state index in [2.05, 4.69) is 37.9 Å². The summed E-state index contributed by atoms with van der Waals surface area (Å²) >= 11 is 0. The topological polar surface area (TPSA) is 105 Å². The van der Waals surface area contributed by atoms with Gasteiger partial charge in [0, 0.05) is 25.3 Å². The van der Waals surface area contributed by atoms with Crippen LogP contribution >= 0.6 is 0 Å². The molecule has 0 spiro atoms. The second-order valence-corrected chi connectivity index (χ2v) is 9.23. The number of pyridine rings is 1. The summed E-state index contributed by atoms with van der Waals surface area (Å²) in [4.78, 5) is 35.6. The summed E-state index contributed by atoms with van der Waals surface area (Å²) in [5.41, 5.74) is 2.92. The second-order valence-electron chi connectivity index (χ2n) is 9.23. The molecule has 1 saturated heterocycles. The number of allylic oxidation sites excluding steroid dienone is 1. The van der Waals surface area contributed by atoms with Crippen molar-refractivity contribution in [3.63, 3.8) is 0 Å². The fourth-order valence-corrected chi connectivity index (χ4v) is 4.19. The molecule has 1 saturated carbocycles. The molecule has 0 radical (unpaired) electrons. The number of fused-ring (bicyclic) bond motifs is 1. The molecule has 0 unspecified atom stereocenters. The number of carbonyl (C=O) groups is 2. The molecule has 1 aliphatic heterocycles. The first-order valence-corrected chi connectivity index (χ1v) is 12.0. The summed E-state index contributed by atoms with van der Waals surface area (Å²) in [5, 5.41) is 9.71. The summed E-state index contributed by atoms with van der Waals surface area (Å²) in [6, 6.07) is 5.21. The molecule has 1 aliphatic carbocycles. The van der Waals surface area contributed by atoms with Gasteiger partial charge >= 0.3 is 0 Å². The van der Waals surface area contributed by atoms with Crippen LogP contribution < -0.4 is 15.5 Å². The number of amides is 2. The van der Waals surface area contributed by atoms with Crippen molar-refractivity contribution < 1.29 is 18.4 Å². The van der Waals surface area contributed by atoms with Crippen molar-refractivity contribution in [1.82, 2.24) is 30.2 Å². The maximum Gasteiger partial charge on any atom is 0.271 e. The van der Waals surface area contributed by atoms with E-state index in [1.807, 2.05) is 17.9 Å². The Morgan fingerprint density at radius 1 is 1.17 bits per heavy atom. The van der Waals surface area contributed by atoms with E-state index in [4.69, 9.17) is 0 Å². The lowest BCUT2D eigenvalue weighted by atomic mass is 10.1. The second kappa shape index (κ2) is 10.00. The van der Waals surface area contributed by atoms with E-state index < -0.39 is 18.9 Å². The number of imidazole rings is 1. The summed E-state index contributed by atoms with van der Waals surface area (Å²) in [6.07, 6.45) is 7.88. The lowest BCUT2D eigenvalue weighted by Crippen LogP contribution is -2.37. The summed E-state index contributed by atoms with van der Waals surface area (Å²) in [6.45, 7) is 2.42. The number of hydrogen-bond donors (Lipinski definition) is 2. The van der Waals surface area contributed by atoms with Crippen molar-refractivity contribution in [3.05, 3.63) is 59.2 Å². The highest BCUT2D eigenvalue weighted by atomic mass is 19.3. The number of hydrogen-bond acceptors (Lipinski definition) is 6. The SMILES string of the molecule is Cc1cc(C(=O)N[C@H]2CCN(c3ccc4ncc(C(=O)NCC(F)F)n4n3)C2)ncc1/C=C/C1CC1. The molecule has 2 N–H and O–H groups in total. The number of rotatable bonds is 8. The molecule has 11 heteroatoms. The van der Waals surface area contributed by atoms with Gasteiger partial charge in [-0.05, 0) is 61.4 Å². The highest BCUT2D eigenvalue weighted by Crippen LogP contribution is 2.31. The number of anilines is 1. The van der Waals surface area contributed by atoms with Crippen LogP contribution in [0.15, 0.2) is 36.7 Å². The van der Waals surface area contributed by atoms with Crippen LogP contribution in [0, 0.1) is 12.8 Å². The molecule has 0 aromatic carbocycles. The standard InChI is InChI=1S/C25H27F2N7O2/c1-15-10-19(28-11-17(15)5-4-16-2-3-16)24(35)31-18-8-9-33(14-18)23-7-6-22-29-12-20(34(22)32-23)25(36)30-13-21(26)27/h4-7,10-12,16,18,21H,2-3,8-9,13-14H2,1H3,(H,30,36)(H,31,35)/b5-4+/t18-/m0/s1. The van der Waals surface area contributed by atoms with E-state index in [0.29, 0.717) is 36.2 Å². The van der Waals surface area contributed by atoms with E-state index in [-0.39, 0.29) is 17.6 Å². The van der Waals surface area contributed by atoms with Crippen LogP contribution in [-0.2, 0) is 0 Å². The molecule has 36 heavy (non-hydrogen) atoms.